The van der Waals surface area contributed by atoms with Crippen LogP contribution in [0.15, 0.2) is 24.5 Å². The topological polar surface area (TPSA) is 28.2 Å². The Morgan fingerprint density at radius 3 is 2.80 bits per heavy atom. The molecule has 1 aromatic heterocycles. The van der Waals surface area contributed by atoms with E-state index in [0.29, 0.717) is 0 Å². The molecule has 0 radical (unpaired) electrons. The van der Waals surface area contributed by atoms with Gasteiger partial charge in [0.15, 0.2) is 0 Å². The van der Waals surface area contributed by atoms with Crippen molar-refractivity contribution < 1.29 is 0 Å². The third kappa shape index (κ3) is 3.58. The van der Waals surface area contributed by atoms with Crippen LogP contribution in [-0.4, -0.2) is 36.1 Å². The first-order chi connectivity index (χ1) is 9.86. The second-order valence-electron chi connectivity index (χ2n) is 6.66. The molecule has 110 valence electrons. The van der Waals surface area contributed by atoms with Crippen LogP contribution >= 0.6 is 0 Å². The second kappa shape index (κ2) is 6.68. The zero-order valence-corrected chi connectivity index (χ0v) is 12.5. The average Bonchev–Trinajstić information content (AvgIpc) is 2.47. The van der Waals surface area contributed by atoms with Crippen LogP contribution in [0.1, 0.15) is 44.1 Å². The predicted octanol–water partition coefficient (Wildman–Crippen LogP) is 2.83. The Balaban J connectivity index is 1.25. The number of nitrogens with zero attached hydrogens (tertiary/aromatic N) is 2. The number of rotatable bonds is 6. The molecule has 2 fully saturated rings. The highest BCUT2D eigenvalue weighted by atomic mass is 15.2. The van der Waals surface area contributed by atoms with Crippen molar-refractivity contribution in [3.63, 3.8) is 0 Å². The Hall–Kier alpha value is -0.930. The number of pyridine rings is 1. The smallest absolute Gasteiger partial charge is 0.0312 e. The summed E-state index contributed by atoms with van der Waals surface area (Å²) in [5, 5.41) is 3.51. The van der Waals surface area contributed by atoms with E-state index in [2.05, 4.69) is 21.3 Å². The number of hydrogen-bond donors (Lipinski definition) is 1. The summed E-state index contributed by atoms with van der Waals surface area (Å²) in [6, 6.07) is 4.13. The van der Waals surface area contributed by atoms with Crippen LogP contribution in [0.25, 0.3) is 0 Å². The minimum absolute atomic E-state index is 0.737. The molecule has 1 aliphatic heterocycles. The molecule has 20 heavy (non-hydrogen) atoms. The Morgan fingerprint density at radius 1 is 1.20 bits per heavy atom. The minimum Gasteiger partial charge on any atom is -0.313 e. The van der Waals surface area contributed by atoms with Crippen LogP contribution in [0.2, 0.25) is 0 Å². The zero-order valence-electron chi connectivity index (χ0n) is 12.5. The molecule has 2 heterocycles. The molecule has 1 N–H and O–H groups in total. The van der Waals surface area contributed by atoms with Gasteiger partial charge in [0.1, 0.15) is 0 Å². The molecular formula is C17H27N3. The van der Waals surface area contributed by atoms with E-state index in [-0.39, 0.29) is 0 Å². The summed E-state index contributed by atoms with van der Waals surface area (Å²) in [7, 11) is 0. The molecule has 1 aliphatic carbocycles. The SMILES string of the molecule is c1cncc(CNCCCN2CC3(CCCCC3)C2)c1. The first-order valence-electron chi connectivity index (χ1n) is 8.18. The van der Waals surface area contributed by atoms with Gasteiger partial charge in [-0.05, 0) is 49.4 Å². The molecule has 3 heteroatoms. The summed E-state index contributed by atoms with van der Waals surface area (Å²) >= 11 is 0. The van der Waals surface area contributed by atoms with Crippen molar-refractivity contribution >= 4 is 0 Å². The molecule has 3 rings (SSSR count). The lowest BCUT2D eigenvalue weighted by Gasteiger charge is -2.52. The molecule has 1 saturated heterocycles. The quantitative estimate of drug-likeness (QED) is 0.808. The number of nitrogens with one attached hydrogen (secondary N) is 1. The predicted molar refractivity (Wildman–Crippen MR) is 82.5 cm³/mol. The summed E-state index contributed by atoms with van der Waals surface area (Å²) in [5.41, 5.74) is 2.01. The molecule has 1 aromatic rings. The summed E-state index contributed by atoms with van der Waals surface area (Å²) in [5.74, 6) is 0. The van der Waals surface area contributed by atoms with E-state index >= 15 is 0 Å². The molecule has 0 bridgehead atoms. The van der Waals surface area contributed by atoms with E-state index in [0.717, 1.165) is 18.5 Å². The molecule has 0 amide bonds. The summed E-state index contributed by atoms with van der Waals surface area (Å²) < 4.78 is 0. The van der Waals surface area contributed by atoms with Crippen molar-refractivity contribution in [2.45, 2.75) is 45.1 Å². The van der Waals surface area contributed by atoms with E-state index < -0.39 is 0 Å². The largest absolute Gasteiger partial charge is 0.313 e. The van der Waals surface area contributed by atoms with Crippen molar-refractivity contribution in [2.75, 3.05) is 26.2 Å². The fraction of sp³-hybridized carbons (Fsp3) is 0.706. The van der Waals surface area contributed by atoms with Gasteiger partial charge in [0, 0.05) is 32.0 Å². The lowest BCUT2D eigenvalue weighted by Crippen LogP contribution is -2.57. The molecule has 0 atom stereocenters. The van der Waals surface area contributed by atoms with Crippen molar-refractivity contribution in [2.24, 2.45) is 5.41 Å². The molecule has 0 aromatic carbocycles. The molecule has 1 spiro atoms. The monoisotopic (exact) mass is 273 g/mol. The Kier molecular flexibility index (Phi) is 4.69. The van der Waals surface area contributed by atoms with E-state index in [1.54, 1.807) is 0 Å². The standard InChI is InChI=1S/C17H27N3/c1-2-7-17(8-3-1)14-20(15-17)11-5-10-19-13-16-6-4-9-18-12-16/h4,6,9,12,19H,1-3,5,7-8,10-11,13-15H2. The fourth-order valence-corrected chi connectivity index (χ4v) is 3.84. The Labute approximate surface area is 122 Å². The third-order valence-corrected chi connectivity index (χ3v) is 4.91. The van der Waals surface area contributed by atoms with Crippen LogP contribution in [0.4, 0.5) is 0 Å². The van der Waals surface area contributed by atoms with Gasteiger partial charge in [-0.1, -0.05) is 25.3 Å². The summed E-state index contributed by atoms with van der Waals surface area (Å²) in [4.78, 5) is 6.78. The molecular weight excluding hydrogens is 246 g/mol. The average molecular weight is 273 g/mol. The van der Waals surface area contributed by atoms with Gasteiger partial charge in [-0.3, -0.25) is 4.98 Å². The van der Waals surface area contributed by atoms with Gasteiger partial charge >= 0.3 is 0 Å². The van der Waals surface area contributed by atoms with Crippen LogP contribution in [0.3, 0.4) is 0 Å². The third-order valence-electron chi connectivity index (χ3n) is 4.91. The fourth-order valence-electron chi connectivity index (χ4n) is 3.84. The van der Waals surface area contributed by atoms with Gasteiger partial charge in [-0.25, -0.2) is 0 Å². The van der Waals surface area contributed by atoms with Gasteiger partial charge in [0.05, 0.1) is 0 Å². The van der Waals surface area contributed by atoms with E-state index in [1.807, 2.05) is 18.5 Å². The molecule has 2 aliphatic rings. The second-order valence-corrected chi connectivity index (χ2v) is 6.66. The number of likely N-dealkylation sites (tertiary alicyclic amines) is 1. The van der Waals surface area contributed by atoms with Crippen molar-refractivity contribution in [1.29, 1.82) is 0 Å². The van der Waals surface area contributed by atoms with Crippen LogP contribution < -0.4 is 5.32 Å². The molecule has 1 saturated carbocycles. The Bertz CT molecular complexity index is 390. The van der Waals surface area contributed by atoms with E-state index in [9.17, 15) is 0 Å². The normalized spacial score (nSPS) is 21.8. The highest BCUT2D eigenvalue weighted by Gasteiger charge is 2.42. The van der Waals surface area contributed by atoms with Gasteiger partial charge in [0.2, 0.25) is 0 Å². The lowest BCUT2D eigenvalue weighted by molar-refractivity contribution is -0.0280. The van der Waals surface area contributed by atoms with Crippen molar-refractivity contribution in [3.05, 3.63) is 30.1 Å². The van der Waals surface area contributed by atoms with Gasteiger partial charge in [0.25, 0.3) is 0 Å². The lowest BCUT2D eigenvalue weighted by atomic mass is 9.68. The number of aromatic nitrogens is 1. The van der Waals surface area contributed by atoms with Gasteiger partial charge in [-0.15, -0.1) is 0 Å². The first kappa shape index (κ1) is 14.0. The van der Waals surface area contributed by atoms with Crippen LogP contribution in [0, 0.1) is 5.41 Å². The van der Waals surface area contributed by atoms with Crippen molar-refractivity contribution in [3.8, 4) is 0 Å². The molecule has 0 unspecified atom stereocenters. The maximum absolute atomic E-state index is 4.13. The van der Waals surface area contributed by atoms with E-state index in [4.69, 9.17) is 0 Å². The van der Waals surface area contributed by atoms with Crippen molar-refractivity contribution in [1.82, 2.24) is 15.2 Å². The van der Waals surface area contributed by atoms with Gasteiger partial charge < -0.3 is 10.2 Å². The van der Waals surface area contributed by atoms with Crippen LogP contribution in [-0.2, 0) is 6.54 Å². The van der Waals surface area contributed by atoms with Crippen LogP contribution in [0.5, 0.6) is 0 Å². The summed E-state index contributed by atoms with van der Waals surface area (Å²) in [6.07, 6.45) is 12.4. The maximum Gasteiger partial charge on any atom is 0.0312 e. The maximum atomic E-state index is 4.13. The minimum atomic E-state index is 0.737. The zero-order chi connectivity index (χ0) is 13.7. The molecule has 3 nitrogen and oxygen atoms in total. The van der Waals surface area contributed by atoms with Gasteiger partial charge in [-0.2, -0.15) is 0 Å². The first-order valence-corrected chi connectivity index (χ1v) is 8.18. The Morgan fingerprint density at radius 2 is 2.05 bits per heavy atom. The highest BCUT2D eigenvalue weighted by Crippen LogP contribution is 2.43. The summed E-state index contributed by atoms with van der Waals surface area (Å²) in [6.45, 7) is 6.06. The highest BCUT2D eigenvalue weighted by molar-refractivity contribution is 5.07. The van der Waals surface area contributed by atoms with E-state index in [1.165, 1.54) is 63.7 Å². The number of hydrogen-bond acceptors (Lipinski definition) is 3.